The highest BCUT2D eigenvalue weighted by molar-refractivity contribution is 7.16. The lowest BCUT2D eigenvalue weighted by Gasteiger charge is -2.36. The van der Waals surface area contributed by atoms with Crippen LogP contribution in [0.4, 0.5) is 16.5 Å². The van der Waals surface area contributed by atoms with E-state index in [0.29, 0.717) is 22.3 Å². The van der Waals surface area contributed by atoms with Crippen molar-refractivity contribution >= 4 is 27.8 Å². The highest BCUT2D eigenvalue weighted by Gasteiger charge is 2.43. The van der Waals surface area contributed by atoms with Gasteiger partial charge in [-0.25, -0.2) is 4.98 Å². The summed E-state index contributed by atoms with van der Waals surface area (Å²) in [5.74, 6) is 2.92. The molecule has 2 aliphatic carbocycles. The van der Waals surface area contributed by atoms with Crippen LogP contribution in [0.2, 0.25) is 0 Å². The molecule has 3 fully saturated rings. The second-order valence-electron chi connectivity index (χ2n) is 11.9. The number of piperazine rings is 2. The van der Waals surface area contributed by atoms with Crippen molar-refractivity contribution in [1.29, 1.82) is 5.26 Å². The Morgan fingerprint density at radius 1 is 1.12 bits per heavy atom. The quantitative estimate of drug-likeness (QED) is 0.465. The number of nitriles is 1. The van der Waals surface area contributed by atoms with Gasteiger partial charge in [-0.3, -0.25) is 4.90 Å². The molecular formula is C29H37N9OS. The predicted octanol–water partition coefficient (Wildman–Crippen LogP) is 3.23. The van der Waals surface area contributed by atoms with E-state index in [1.54, 1.807) is 0 Å². The third-order valence-corrected chi connectivity index (χ3v) is 10.1. The number of nitrogens with two attached hydrogens (primary N) is 1. The lowest BCUT2D eigenvalue weighted by molar-refractivity contribution is 0.247. The van der Waals surface area contributed by atoms with Gasteiger partial charge in [0.05, 0.1) is 11.0 Å². The molecule has 1 unspecified atom stereocenters. The number of rotatable bonds is 6. The lowest BCUT2D eigenvalue weighted by Crippen LogP contribution is -2.47. The number of aromatic nitrogens is 3. The van der Waals surface area contributed by atoms with Crippen LogP contribution in [0.15, 0.2) is 16.7 Å². The smallest absolute Gasteiger partial charge is 0.237 e. The van der Waals surface area contributed by atoms with E-state index in [1.807, 2.05) is 0 Å². The Balaban J connectivity index is 1.21. The second kappa shape index (κ2) is 10.3. The molecule has 7 rings (SSSR count). The number of nitrogen functional groups attached to an aromatic ring is 1. The number of pyridine rings is 1. The fourth-order valence-corrected chi connectivity index (χ4v) is 7.76. The zero-order chi connectivity index (χ0) is 27.3. The molecule has 10 nitrogen and oxygen atoms in total. The number of nitrogens with one attached hydrogen (secondary N) is 1. The maximum absolute atomic E-state index is 9.88. The molecule has 0 bridgehead atoms. The Bertz CT molecular complexity index is 1430. The molecule has 3 aromatic heterocycles. The molecule has 210 valence electrons. The molecule has 0 aromatic carbocycles. The maximum Gasteiger partial charge on any atom is 0.237 e. The molecule has 2 saturated heterocycles. The topological polar surface area (TPSA) is 123 Å². The first-order valence-electron chi connectivity index (χ1n) is 14.6. The van der Waals surface area contributed by atoms with E-state index < -0.39 is 5.41 Å². The van der Waals surface area contributed by atoms with Crippen LogP contribution in [0.5, 0.6) is 0 Å². The van der Waals surface area contributed by atoms with E-state index in [0.717, 1.165) is 105 Å². The van der Waals surface area contributed by atoms with Crippen LogP contribution < -0.4 is 20.9 Å². The highest BCUT2D eigenvalue weighted by Crippen LogP contribution is 2.48. The lowest BCUT2D eigenvalue weighted by atomic mass is 9.72. The van der Waals surface area contributed by atoms with Crippen LogP contribution in [0, 0.1) is 17.2 Å². The van der Waals surface area contributed by atoms with Crippen molar-refractivity contribution in [3.63, 3.8) is 0 Å². The summed E-state index contributed by atoms with van der Waals surface area (Å²) >= 11 is 1.52. The molecule has 4 aliphatic rings. The summed E-state index contributed by atoms with van der Waals surface area (Å²) in [7, 11) is 0. The molecule has 1 saturated carbocycles. The summed E-state index contributed by atoms with van der Waals surface area (Å²) in [6.45, 7) is 11.3. The molecule has 5 heterocycles. The van der Waals surface area contributed by atoms with Gasteiger partial charge in [0.1, 0.15) is 22.6 Å². The third kappa shape index (κ3) is 4.72. The zero-order valence-corrected chi connectivity index (χ0v) is 24.0. The van der Waals surface area contributed by atoms with Gasteiger partial charge >= 0.3 is 0 Å². The third-order valence-electron chi connectivity index (χ3n) is 9.07. The molecule has 2 aliphatic heterocycles. The number of hydrogen-bond acceptors (Lipinski definition) is 11. The molecule has 0 amide bonds. The first kappa shape index (κ1) is 25.7. The van der Waals surface area contributed by atoms with Crippen molar-refractivity contribution in [3.05, 3.63) is 34.0 Å². The van der Waals surface area contributed by atoms with Crippen molar-refractivity contribution in [2.75, 3.05) is 74.4 Å². The minimum absolute atomic E-state index is 0.496. The normalized spacial score (nSPS) is 23.7. The molecule has 0 spiro atoms. The van der Waals surface area contributed by atoms with Crippen LogP contribution >= 0.6 is 11.3 Å². The summed E-state index contributed by atoms with van der Waals surface area (Å²) < 4.78 is 5.96. The van der Waals surface area contributed by atoms with E-state index in [-0.39, 0.29) is 0 Å². The van der Waals surface area contributed by atoms with Gasteiger partial charge in [-0.05, 0) is 51.0 Å². The van der Waals surface area contributed by atoms with Crippen LogP contribution in [0.25, 0.3) is 11.5 Å². The van der Waals surface area contributed by atoms with Gasteiger partial charge in [-0.1, -0.05) is 5.16 Å². The Morgan fingerprint density at radius 3 is 2.67 bits per heavy atom. The number of aryl methyl sites for hydroxylation is 1. The highest BCUT2D eigenvalue weighted by atomic mass is 32.1. The molecule has 40 heavy (non-hydrogen) atoms. The minimum atomic E-state index is -0.547. The van der Waals surface area contributed by atoms with E-state index in [1.165, 1.54) is 30.7 Å². The minimum Gasteiger partial charge on any atom is -0.389 e. The average molecular weight is 560 g/mol. The molecule has 0 radical (unpaired) electrons. The van der Waals surface area contributed by atoms with E-state index in [9.17, 15) is 5.26 Å². The standard InChI is InChI=1S/C29H37N9OS/c1-29(6-2-3-23-25(29)21(17-30)26(31)40-23)28-34-27(35-39-28)22-15-20(37-9-7-32-8-10-37)16-24(33-22)38-13-11-36(12-14-38)18-19-4-5-19/h15-16,19,32H,2-14,18,31H2,1H3. The monoisotopic (exact) mass is 559 g/mol. The fraction of sp³-hybridized carbons (Fsp3) is 0.586. The summed E-state index contributed by atoms with van der Waals surface area (Å²) in [4.78, 5) is 18.6. The van der Waals surface area contributed by atoms with Gasteiger partial charge < -0.3 is 25.4 Å². The molecule has 1 atom stereocenters. The summed E-state index contributed by atoms with van der Waals surface area (Å²) in [5, 5.41) is 18.4. The summed E-state index contributed by atoms with van der Waals surface area (Å²) in [6.07, 6.45) is 5.52. The van der Waals surface area contributed by atoms with Crippen molar-refractivity contribution < 1.29 is 4.52 Å². The summed E-state index contributed by atoms with van der Waals surface area (Å²) in [5.41, 5.74) is 9.09. The van der Waals surface area contributed by atoms with Gasteiger partial charge in [0, 0.05) is 81.1 Å². The SMILES string of the molecule is CC1(c2nc(-c3cc(N4CCNCC4)cc(N4CCN(CC5CC5)CC4)n3)no2)CCCc2sc(N)c(C#N)c21. The maximum atomic E-state index is 9.88. The van der Waals surface area contributed by atoms with Crippen molar-refractivity contribution in [2.24, 2.45) is 5.92 Å². The number of anilines is 3. The molecule has 3 N–H and O–H groups in total. The largest absolute Gasteiger partial charge is 0.389 e. The van der Waals surface area contributed by atoms with Crippen molar-refractivity contribution in [2.45, 2.75) is 44.4 Å². The van der Waals surface area contributed by atoms with Gasteiger partial charge in [-0.15, -0.1) is 11.3 Å². The van der Waals surface area contributed by atoms with Crippen LogP contribution in [-0.4, -0.2) is 78.9 Å². The number of hydrogen-bond donors (Lipinski definition) is 2. The van der Waals surface area contributed by atoms with Crippen LogP contribution in [0.3, 0.4) is 0 Å². The Hall–Kier alpha value is -3.20. The van der Waals surface area contributed by atoms with Gasteiger partial charge in [-0.2, -0.15) is 10.2 Å². The van der Waals surface area contributed by atoms with Crippen molar-refractivity contribution in [1.82, 2.24) is 25.3 Å². The van der Waals surface area contributed by atoms with Crippen molar-refractivity contribution in [3.8, 4) is 17.6 Å². The molecular weight excluding hydrogens is 522 g/mol. The van der Waals surface area contributed by atoms with E-state index >= 15 is 0 Å². The zero-order valence-electron chi connectivity index (χ0n) is 23.2. The van der Waals surface area contributed by atoms with Gasteiger partial charge in [0.25, 0.3) is 0 Å². The van der Waals surface area contributed by atoms with Crippen LogP contribution in [-0.2, 0) is 11.8 Å². The fourth-order valence-electron chi connectivity index (χ4n) is 6.57. The van der Waals surface area contributed by atoms with E-state index in [4.69, 9.17) is 20.2 Å². The first-order valence-corrected chi connectivity index (χ1v) is 15.4. The number of fused-ring (bicyclic) bond motifs is 1. The second-order valence-corrected chi connectivity index (χ2v) is 13.0. The Labute approximate surface area is 239 Å². The van der Waals surface area contributed by atoms with Crippen LogP contribution in [0.1, 0.15) is 54.5 Å². The number of thiophene rings is 1. The van der Waals surface area contributed by atoms with Gasteiger partial charge in [0.15, 0.2) is 0 Å². The van der Waals surface area contributed by atoms with E-state index in [2.05, 4.69) is 50.3 Å². The molecule has 11 heteroatoms. The average Bonchev–Trinajstić information content (AvgIpc) is 3.52. The predicted molar refractivity (Wildman–Crippen MR) is 157 cm³/mol. The first-order chi connectivity index (χ1) is 19.5. The Morgan fingerprint density at radius 2 is 1.93 bits per heavy atom. The molecule has 3 aromatic rings. The number of nitrogens with zero attached hydrogens (tertiary/aromatic N) is 7. The summed E-state index contributed by atoms with van der Waals surface area (Å²) in [6, 6.07) is 6.67. The Kier molecular flexibility index (Phi) is 6.65. The van der Waals surface area contributed by atoms with Gasteiger partial charge in [0.2, 0.25) is 11.7 Å².